The summed E-state index contributed by atoms with van der Waals surface area (Å²) in [5.41, 5.74) is 0. The highest BCUT2D eigenvalue weighted by atomic mass is 16.7. The number of urea groups is 1. The van der Waals surface area contributed by atoms with Gasteiger partial charge in [0.05, 0.1) is 19.1 Å². The lowest BCUT2D eigenvalue weighted by atomic mass is 9.72. The maximum absolute atomic E-state index is 13.3. The molecule has 3 fully saturated rings. The monoisotopic (exact) mass is 424 g/mol. The molecular formula is C22H40N4O4. The average molecular weight is 425 g/mol. The van der Waals surface area contributed by atoms with Crippen molar-refractivity contribution in [3.63, 3.8) is 0 Å². The Hall–Kier alpha value is -1.22. The molecule has 0 unspecified atom stereocenters. The molecule has 3 rings (SSSR count). The Balaban J connectivity index is 1.58. The first-order chi connectivity index (χ1) is 14.4. The van der Waals surface area contributed by atoms with Crippen LogP contribution in [0.15, 0.2) is 0 Å². The Morgan fingerprint density at radius 2 is 1.83 bits per heavy atom. The smallest absolute Gasteiger partial charge is 0.324 e. The van der Waals surface area contributed by atoms with Crippen LogP contribution in [0.3, 0.4) is 0 Å². The van der Waals surface area contributed by atoms with Crippen LogP contribution in [0.4, 0.5) is 4.79 Å². The van der Waals surface area contributed by atoms with E-state index in [0.717, 1.165) is 45.3 Å². The Labute approximate surface area is 181 Å². The van der Waals surface area contributed by atoms with Gasteiger partial charge in [0.25, 0.3) is 0 Å². The number of carbonyl (C=O) groups is 2. The number of rotatable bonds is 7. The molecule has 8 heteroatoms. The molecule has 2 heterocycles. The van der Waals surface area contributed by atoms with E-state index in [2.05, 4.69) is 36.0 Å². The molecule has 0 aromatic carbocycles. The maximum Gasteiger partial charge on any atom is 0.324 e. The molecule has 172 valence electrons. The van der Waals surface area contributed by atoms with Crippen LogP contribution < -0.4 is 5.32 Å². The van der Waals surface area contributed by atoms with E-state index in [-0.39, 0.29) is 17.9 Å². The fraction of sp³-hybridized carbons (Fsp3) is 0.909. The molecule has 0 radical (unpaired) electrons. The van der Waals surface area contributed by atoms with Gasteiger partial charge in [0.1, 0.15) is 0 Å². The van der Waals surface area contributed by atoms with Crippen LogP contribution >= 0.6 is 0 Å². The summed E-state index contributed by atoms with van der Waals surface area (Å²) < 4.78 is 11.9. The van der Waals surface area contributed by atoms with Crippen LogP contribution in [0.2, 0.25) is 0 Å². The van der Waals surface area contributed by atoms with Gasteiger partial charge in [-0.3, -0.25) is 9.69 Å². The molecule has 2 aliphatic heterocycles. The zero-order valence-corrected chi connectivity index (χ0v) is 19.2. The summed E-state index contributed by atoms with van der Waals surface area (Å²) in [5, 5.41) is 2.93. The molecule has 1 spiro atoms. The number of hydrogen-bond acceptors (Lipinski definition) is 6. The van der Waals surface area contributed by atoms with Crippen LogP contribution in [0.1, 0.15) is 46.5 Å². The number of imide groups is 1. The van der Waals surface area contributed by atoms with Crippen molar-refractivity contribution < 1.29 is 19.1 Å². The molecule has 1 saturated carbocycles. The first kappa shape index (κ1) is 23.4. The third-order valence-electron chi connectivity index (χ3n) is 7.19. The van der Waals surface area contributed by atoms with Gasteiger partial charge < -0.3 is 24.6 Å². The van der Waals surface area contributed by atoms with Crippen molar-refractivity contribution in [3.8, 4) is 0 Å². The van der Waals surface area contributed by atoms with E-state index in [1.165, 1.54) is 4.90 Å². The van der Waals surface area contributed by atoms with Crippen molar-refractivity contribution in [1.82, 2.24) is 20.0 Å². The average Bonchev–Trinajstić information content (AvgIpc) is 3.18. The van der Waals surface area contributed by atoms with Gasteiger partial charge >= 0.3 is 6.03 Å². The fourth-order valence-corrected chi connectivity index (χ4v) is 5.50. The molecule has 0 bridgehead atoms. The van der Waals surface area contributed by atoms with Gasteiger partial charge in [0, 0.05) is 45.1 Å². The molecule has 8 nitrogen and oxygen atoms in total. The molecule has 3 amide bonds. The summed E-state index contributed by atoms with van der Waals surface area (Å²) in [6.07, 6.45) is 3.60. The second-order valence-corrected chi connectivity index (χ2v) is 8.89. The number of amides is 3. The van der Waals surface area contributed by atoms with Gasteiger partial charge in [-0.1, -0.05) is 13.8 Å². The summed E-state index contributed by atoms with van der Waals surface area (Å²) >= 11 is 0. The summed E-state index contributed by atoms with van der Waals surface area (Å²) in [4.78, 5) is 31.9. The molecule has 1 aliphatic carbocycles. The van der Waals surface area contributed by atoms with Gasteiger partial charge in [-0.05, 0) is 45.8 Å². The SMILES string of the molecule is CCN(CC)CCNC(=O)N(CC)C(=O)[C@@H]1C[C@@H]2CC3(CC[C@H]2N(C)C1)OCCO3. The van der Waals surface area contributed by atoms with Crippen molar-refractivity contribution in [1.29, 1.82) is 0 Å². The van der Waals surface area contributed by atoms with Crippen molar-refractivity contribution in [2.75, 3.05) is 59.5 Å². The minimum atomic E-state index is -0.445. The third kappa shape index (κ3) is 5.15. The Bertz CT molecular complexity index is 592. The van der Waals surface area contributed by atoms with Crippen molar-refractivity contribution in [2.45, 2.75) is 58.3 Å². The number of ether oxygens (including phenoxy) is 2. The van der Waals surface area contributed by atoms with Crippen LogP contribution in [0, 0.1) is 11.8 Å². The van der Waals surface area contributed by atoms with Crippen LogP contribution in [-0.2, 0) is 14.3 Å². The van der Waals surface area contributed by atoms with Crippen molar-refractivity contribution in [2.24, 2.45) is 11.8 Å². The predicted molar refractivity (Wildman–Crippen MR) is 115 cm³/mol. The number of likely N-dealkylation sites (tertiary alicyclic amines) is 1. The number of hydrogen-bond donors (Lipinski definition) is 1. The van der Waals surface area contributed by atoms with E-state index in [1.54, 1.807) is 0 Å². The number of carbonyl (C=O) groups excluding carboxylic acids is 2. The number of nitrogens with one attached hydrogen (secondary N) is 1. The summed E-state index contributed by atoms with van der Waals surface area (Å²) in [5.74, 6) is -0.314. The first-order valence-corrected chi connectivity index (χ1v) is 11.7. The van der Waals surface area contributed by atoms with Gasteiger partial charge in [-0.25, -0.2) is 4.79 Å². The number of fused-ring (bicyclic) bond motifs is 1. The van der Waals surface area contributed by atoms with Gasteiger partial charge in [0.15, 0.2) is 5.79 Å². The first-order valence-electron chi connectivity index (χ1n) is 11.7. The maximum atomic E-state index is 13.3. The fourth-order valence-electron chi connectivity index (χ4n) is 5.50. The highest BCUT2D eigenvalue weighted by Gasteiger charge is 2.49. The quantitative estimate of drug-likeness (QED) is 0.671. The standard InChI is InChI=1S/C22H40N4O4/c1-5-25(6-2)11-10-23-21(28)26(7-3)20(27)18-14-17-15-22(29-12-13-30-22)9-8-19(17)24(4)16-18/h17-19H,5-16H2,1-4H3,(H,23,28)/t17-,18-,19-/m1/s1. The lowest BCUT2D eigenvalue weighted by Gasteiger charge is -2.49. The Kier molecular flexibility index (Phi) is 8.12. The second kappa shape index (κ2) is 10.4. The van der Waals surface area contributed by atoms with Crippen LogP contribution in [-0.4, -0.2) is 98.0 Å². The molecule has 1 N–H and O–H groups in total. The van der Waals surface area contributed by atoms with E-state index in [9.17, 15) is 9.59 Å². The van der Waals surface area contributed by atoms with Crippen LogP contribution in [0.25, 0.3) is 0 Å². The summed E-state index contributed by atoms with van der Waals surface area (Å²) in [6.45, 7) is 11.8. The minimum absolute atomic E-state index is 0.0592. The zero-order chi connectivity index (χ0) is 21.7. The van der Waals surface area contributed by atoms with Crippen molar-refractivity contribution >= 4 is 11.9 Å². The largest absolute Gasteiger partial charge is 0.348 e. The number of piperidine rings is 1. The predicted octanol–water partition coefficient (Wildman–Crippen LogP) is 1.75. The molecule has 2 saturated heterocycles. The lowest BCUT2D eigenvalue weighted by Crippen LogP contribution is -2.57. The normalized spacial score (nSPS) is 28.5. The molecule has 30 heavy (non-hydrogen) atoms. The summed E-state index contributed by atoms with van der Waals surface area (Å²) in [6, 6.07) is 0.187. The molecule has 0 aromatic heterocycles. The molecule has 0 aromatic rings. The van der Waals surface area contributed by atoms with E-state index in [4.69, 9.17) is 9.47 Å². The minimum Gasteiger partial charge on any atom is -0.348 e. The Morgan fingerprint density at radius 3 is 2.47 bits per heavy atom. The van der Waals surface area contributed by atoms with Crippen LogP contribution in [0.5, 0.6) is 0 Å². The molecular weight excluding hydrogens is 384 g/mol. The Morgan fingerprint density at radius 1 is 1.13 bits per heavy atom. The molecule has 3 atom stereocenters. The van der Waals surface area contributed by atoms with E-state index < -0.39 is 5.79 Å². The third-order valence-corrected chi connectivity index (χ3v) is 7.19. The van der Waals surface area contributed by atoms with Gasteiger partial charge in [-0.2, -0.15) is 0 Å². The number of likely N-dealkylation sites (N-methyl/N-ethyl adjacent to an activating group) is 1. The lowest BCUT2D eigenvalue weighted by molar-refractivity contribution is -0.202. The highest BCUT2D eigenvalue weighted by Crippen LogP contribution is 2.45. The second-order valence-electron chi connectivity index (χ2n) is 8.89. The van der Waals surface area contributed by atoms with E-state index >= 15 is 0 Å². The highest BCUT2D eigenvalue weighted by molar-refractivity contribution is 5.95. The number of nitrogens with zero attached hydrogens (tertiary/aromatic N) is 3. The topological polar surface area (TPSA) is 74.4 Å². The van der Waals surface area contributed by atoms with E-state index in [1.807, 2.05) is 6.92 Å². The van der Waals surface area contributed by atoms with Gasteiger partial charge in [-0.15, -0.1) is 0 Å². The van der Waals surface area contributed by atoms with Crippen molar-refractivity contribution in [3.05, 3.63) is 0 Å². The molecule has 3 aliphatic rings. The van der Waals surface area contributed by atoms with E-state index in [0.29, 0.717) is 44.8 Å². The van der Waals surface area contributed by atoms with Gasteiger partial charge in [0.2, 0.25) is 5.91 Å². The zero-order valence-electron chi connectivity index (χ0n) is 19.2. The summed E-state index contributed by atoms with van der Waals surface area (Å²) in [7, 11) is 2.10.